The fraction of sp³-hybridized carbons (Fsp3) is 0.393. The maximum Gasteiger partial charge on any atom is 0.418 e. The molecule has 0 saturated carbocycles. The second-order valence-electron chi connectivity index (χ2n) is 8.98. The largest absolute Gasteiger partial charge is 0.418 e. The zero-order valence-electron chi connectivity index (χ0n) is 22.9. The first-order chi connectivity index (χ1) is 19.4. The van der Waals surface area contributed by atoms with E-state index >= 15 is 0 Å². The minimum absolute atomic E-state index is 0.104. The minimum Gasteiger partial charge on any atom is -0.339 e. The van der Waals surface area contributed by atoms with E-state index in [2.05, 4.69) is 19.2 Å². The van der Waals surface area contributed by atoms with Crippen LogP contribution >= 0.6 is 0 Å². The molecule has 1 heterocycles. The van der Waals surface area contributed by atoms with E-state index in [4.69, 9.17) is 5.26 Å². The van der Waals surface area contributed by atoms with E-state index < -0.39 is 53.6 Å². The van der Waals surface area contributed by atoms with Gasteiger partial charge >= 0.3 is 18.0 Å². The van der Waals surface area contributed by atoms with Crippen LogP contribution in [0.15, 0.2) is 48.5 Å². The molecule has 3 rings (SSSR count). The minimum atomic E-state index is -4.95. The lowest BCUT2D eigenvalue weighted by Crippen LogP contribution is -2.45. The number of benzene rings is 2. The normalized spacial score (nSPS) is 15.6. The molecule has 1 aliphatic rings. The third-order valence-corrected chi connectivity index (χ3v) is 5.62. The topological polar surface area (TPSA) is 131 Å². The second-order valence-corrected chi connectivity index (χ2v) is 8.98. The van der Waals surface area contributed by atoms with Gasteiger partial charge in [-0.1, -0.05) is 51.8 Å². The van der Waals surface area contributed by atoms with Gasteiger partial charge in [-0.05, 0) is 42.7 Å². The Morgan fingerprint density at radius 3 is 2.24 bits per heavy atom. The summed E-state index contributed by atoms with van der Waals surface area (Å²) in [6, 6.07) is 12.2. The molecule has 3 N–H and O–H groups in total. The first kappa shape index (κ1) is 34.6. The van der Waals surface area contributed by atoms with Gasteiger partial charge in [-0.25, -0.2) is 4.39 Å². The van der Waals surface area contributed by atoms with Crippen LogP contribution in [0.2, 0.25) is 0 Å². The number of nitrogens with zero attached hydrogens (tertiary/aromatic N) is 2. The van der Waals surface area contributed by atoms with E-state index in [0.29, 0.717) is 31.5 Å². The van der Waals surface area contributed by atoms with Gasteiger partial charge in [-0.2, -0.15) is 18.4 Å². The highest BCUT2D eigenvalue weighted by Gasteiger charge is 2.35. The zero-order valence-corrected chi connectivity index (χ0v) is 22.9. The van der Waals surface area contributed by atoms with Crippen molar-refractivity contribution in [3.63, 3.8) is 0 Å². The monoisotopic (exact) mass is 579 g/mol. The number of anilines is 2. The van der Waals surface area contributed by atoms with Crippen molar-refractivity contribution >= 4 is 35.5 Å². The quantitative estimate of drug-likeness (QED) is 0.259. The summed E-state index contributed by atoms with van der Waals surface area (Å²) in [6.45, 7) is 5.95. The Kier molecular flexibility index (Phi) is 14.6. The van der Waals surface area contributed by atoms with Crippen molar-refractivity contribution in [3.8, 4) is 6.07 Å². The van der Waals surface area contributed by atoms with Crippen LogP contribution in [0.1, 0.15) is 45.6 Å². The first-order valence-corrected chi connectivity index (χ1v) is 12.8. The Morgan fingerprint density at radius 2 is 1.71 bits per heavy atom. The Hall–Kier alpha value is -4.47. The van der Waals surface area contributed by atoms with Gasteiger partial charge < -0.3 is 20.9 Å². The van der Waals surface area contributed by atoms with Crippen LogP contribution in [-0.2, 0) is 25.4 Å². The molecule has 1 fully saturated rings. The van der Waals surface area contributed by atoms with Crippen LogP contribution in [-0.4, -0.2) is 48.2 Å². The molecule has 4 amide bonds. The number of likely N-dealkylation sites (tertiary alicyclic amines) is 1. The number of rotatable bonds is 6. The van der Waals surface area contributed by atoms with E-state index in [-0.39, 0.29) is 12.0 Å². The molecule has 0 spiro atoms. The van der Waals surface area contributed by atoms with Gasteiger partial charge in [-0.3, -0.25) is 19.2 Å². The number of para-hydroxylation sites is 1. The van der Waals surface area contributed by atoms with Gasteiger partial charge in [0.05, 0.1) is 23.9 Å². The molecule has 2 aromatic carbocycles. The number of carbonyl (C=O) groups is 4. The van der Waals surface area contributed by atoms with Gasteiger partial charge in [0.2, 0.25) is 12.3 Å². The molecule has 9 nitrogen and oxygen atoms in total. The molecule has 2 atom stereocenters. The summed E-state index contributed by atoms with van der Waals surface area (Å²) in [5, 5.41) is 15.3. The molecule has 0 aromatic heterocycles. The summed E-state index contributed by atoms with van der Waals surface area (Å²) in [5.41, 5.74) is -1.42. The Morgan fingerprint density at radius 1 is 1.07 bits per heavy atom. The smallest absolute Gasteiger partial charge is 0.339 e. The zero-order chi connectivity index (χ0) is 31.0. The fourth-order valence-electron chi connectivity index (χ4n) is 3.42. The lowest BCUT2D eigenvalue weighted by molar-refractivity contribution is -0.138. The predicted molar refractivity (Wildman–Crippen MR) is 145 cm³/mol. The summed E-state index contributed by atoms with van der Waals surface area (Å²) in [7, 11) is 0. The second kappa shape index (κ2) is 17.3. The van der Waals surface area contributed by atoms with Gasteiger partial charge in [0.25, 0.3) is 0 Å². The van der Waals surface area contributed by atoms with Crippen molar-refractivity contribution < 1.29 is 36.7 Å². The average molecular weight is 580 g/mol. The molecule has 2 aromatic rings. The van der Waals surface area contributed by atoms with Crippen LogP contribution in [0.3, 0.4) is 0 Å². The lowest BCUT2D eigenvalue weighted by atomic mass is 10.1. The molecular formula is C28H33F4N5O4. The maximum absolute atomic E-state index is 13.1. The predicted octanol–water partition coefficient (Wildman–Crippen LogP) is 4.72. The van der Waals surface area contributed by atoms with Gasteiger partial charge in [0, 0.05) is 12.2 Å². The number of unbranched alkanes of at least 4 members (excludes halogenated alkanes) is 1. The lowest BCUT2D eigenvalue weighted by Gasteiger charge is -2.19. The Balaban J connectivity index is 0.000000532. The third-order valence-electron chi connectivity index (χ3n) is 5.62. The van der Waals surface area contributed by atoms with Crippen molar-refractivity contribution in [2.45, 2.75) is 52.3 Å². The van der Waals surface area contributed by atoms with E-state index in [9.17, 15) is 36.7 Å². The van der Waals surface area contributed by atoms with Crippen molar-refractivity contribution in [1.82, 2.24) is 10.2 Å². The van der Waals surface area contributed by atoms with Crippen molar-refractivity contribution in [2.24, 2.45) is 5.92 Å². The highest BCUT2D eigenvalue weighted by molar-refractivity contribution is 6.40. The molecule has 1 saturated heterocycles. The molecule has 0 aliphatic carbocycles. The Labute approximate surface area is 235 Å². The number of hydrogen-bond acceptors (Lipinski definition) is 5. The summed E-state index contributed by atoms with van der Waals surface area (Å²) >= 11 is 0. The summed E-state index contributed by atoms with van der Waals surface area (Å²) < 4.78 is 51.8. The van der Waals surface area contributed by atoms with Crippen molar-refractivity contribution in [1.29, 1.82) is 5.26 Å². The van der Waals surface area contributed by atoms with Crippen molar-refractivity contribution in [2.75, 3.05) is 23.7 Å². The molecule has 1 aliphatic heterocycles. The fourth-order valence-corrected chi connectivity index (χ4v) is 3.42. The van der Waals surface area contributed by atoms with E-state index in [1.54, 1.807) is 5.32 Å². The van der Waals surface area contributed by atoms with E-state index in [0.717, 1.165) is 5.69 Å². The highest BCUT2D eigenvalue weighted by Crippen LogP contribution is 2.35. The SMILES string of the molecule is CC1CC(C#N)N(C(=O)CNC(=O)C(=O)Nc2ccc(F)cc2C(F)(F)F)C1.CCCC.O=CNc1ccccc1. The number of hydrogen-bond donors (Lipinski definition) is 3. The number of nitrogens with one attached hydrogen (secondary N) is 3. The first-order valence-electron chi connectivity index (χ1n) is 12.8. The summed E-state index contributed by atoms with van der Waals surface area (Å²) in [4.78, 5) is 46.9. The summed E-state index contributed by atoms with van der Waals surface area (Å²) in [6.07, 6.45) is -1.16. The number of amides is 4. The van der Waals surface area contributed by atoms with Gasteiger partial charge in [0.1, 0.15) is 11.9 Å². The molecule has 41 heavy (non-hydrogen) atoms. The third kappa shape index (κ3) is 12.1. The molecule has 222 valence electrons. The number of nitriles is 1. The van der Waals surface area contributed by atoms with E-state index in [1.807, 2.05) is 48.6 Å². The maximum atomic E-state index is 13.1. The molecule has 2 unspecified atom stereocenters. The summed E-state index contributed by atoms with van der Waals surface area (Å²) in [5.74, 6) is -4.43. The molecule has 13 heteroatoms. The number of carbonyl (C=O) groups excluding carboxylic acids is 4. The standard InChI is InChI=1S/C17H16F4N4O3.C7H7NO.C4H10/c1-9-4-11(6-22)25(8-9)14(26)7-23-15(27)16(28)24-13-3-2-10(18)5-12(13)17(19,20)21;9-6-8-7-4-2-1-3-5-7;1-3-4-2/h2-3,5,9,11H,4,7-8H2,1H3,(H,23,27)(H,24,28);1-6H,(H,8,9);3-4H2,1-2H3. The van der Waals surface area contributed by atoms with Crippen LogP contribution in [0.4, 0.5) is 28.9 Å². The molecule has 0 radical (unpaired) electrons. The Bertz CT molecular complexity index is 1200. The van der Waals surface area contributed by atoms with Crippen LogP contribution in [0.5, 0.6) is 0 Å². The van der Waals surface area contributed by atoms with Crippen molar-refractivity contribution in [3.05, 3.63) is 59.9 Å². The highest BCUT2D eigenvalue weighted by atomic mass is 19.4. The van der Waals surface area contributed by atoms with E-state index in [1.165, 1.54) is 17.7 Å². The van der Waals surface area contributed by atoms with Crippen LogP contribution in [0.25, 0.3) is 0 Å². The van der Waals surface area contributed by atoms with Crippen LogP contribution in [0, 0.1) is 23.1 Å². The number of halogens is 4. The van der Waals surface area contributed by atoms with Crippen LogP contribution < -0.4 is 16.0 Å². The molecule has 0 bridgehead atoms. The number of alkyl halides is 3. The van der Waals surface area contributed by atoms with Gasteiger partial charge in [0.15, 0.2) is 0 Å². The average Bonchev–Trinajstić information content (AvgIpc) is 3.34. The molecular weight excluding hydrogens is 546 g/mol. The van der Waals surface area contributed by atoms with Gasteiger partial charge in [-0.15, -0.1) is 0 Å².